The van der Waals surface area contributed by atoms with E-state index in [1.165, 1.54) is 64.5 Å². The number of methoxy groups -OCH3 is 3. The second-order valence-corrected chi connectivity index (χ2v) is 9.48. The summed E-state index contributed by atoms with van der Waals surface area (Å²) in [6.45, 7) is 0.288. The van der Waals surface area contributed by atoms with Crippen LogP contribution in [0.15, 0.2) is 33.5 Å². The van der Waals surface area contributed by atoms with E-state index in [1.807, 2.05) is 0 Å². The van der Waals surface area contributed by atoms with Crippen LogP contribution >= 0.6 is 0 Å². The minimum atomic E-state index is -0.575. The maximum atomic E-state index is 13.2. The fourth-order valence-electron chi connectivity index (χ4n) is 4.78. The van der Waals surface area contributed by atoms with Gasteiger partial charge in [0.25, 0.3) is 0 Å². The van der Waals surface area contributed by atoms with E-state index in [9.17, 15) is 15.0 Å². The lowest BCUT2D eigenvalue weighted by molar-refractivity contribution is 0.282. The first-order valence-electron chi connectivity index (χ1n) is 13.4. The average molecular weight is 529 g/mol. The van der Waals surface area contributed by atoms with Crippen LogP contribution < -0.4 is 19.6 Å². The van der Waals surface area contributed by atoms with Gasteiger partial charge in [0.15, 0.2) is 28.6 Å². The highest BCUT2D eigenvalue weighted by Crippen LogP contribution is 2.42. The predicted molar refractivity (Wildman–Crippen MR) is 148 cm³/mol. The molecule has 38 heavy (non-hydrogen) atoms. The van der Waals surface area contributed by atoms with Crippen LogP contribution in [0.25, 0.3) is 22.3 Å². The first-order chi connectivity index (χ1) is 18.5. The molecule has 3 N–H and O–H groups in total. The molecular weight excluding hydrogens is 488 g/mol. The highest BCUT2D eigenvalue weighted by Gasteiger charge is 2.23. The number of hydrogen-bond acceptors (Lipinski definition) is 8. The van der Waals surface area contributed by atoms with E-state index in [1.54, 1.807) is 13.2 Å². The summed E-state index contributed by atoms with van der Waals surface area (Å²) in [6.07, 6.45) is 11.9. The third-order valence-electron chi connectivity index (χ3n) is 6.85. The number of rotatable bonds is 16. The van der Waals surface area contributed by atoms with Crippen molar-refractivity contribution in [1.82, 2.24) is 0 Å². The van der Waals surface area contributed by atoms with Crippen LogP contribution in [0.2, 0.25) is 0 Å². The number of phenols is 1. The molecule has 0 bridgehead atoms. The van der Waals surface area contributed by atoms with Crippen LogP contribution in [-0.2, 0) is 6.42 Å². The Hall–Kier alpha value is -3.39. The van der Waals surface area contributed by atoms with Crippen LogP contribution in [0.1, 0.15) is 69.8 Å². The molecule has 0 aliphatic carbocycles. The minimum absolute atomic E-state index is 0.0534. The molecule has 0 unspecified atom stereocenters. The summed E-state index contributed by atoms with van der Waals surface area (Å²) < 4.78 is 22.5. The van der Waals surface area contributed by atoms with Crippen molar-refractivity contribution in [1.29, 1.82) is 0 Å². The van der Waals surface area contributed by atoms with Crippen molar-refractivity contribution < 1.29 is 33.9 Å². The molecule has 0 aliphatic heterocycles. The van der Waals surface area contributed by atoms with E-state index in [2.05, 4.69) is 0 Å². The largest absolute Gasteiger partial charge is 0.504 e. The molecule has 1 aromatic heterocycles. The van der Waals surface area contributed by atoms with Crippen molar-refractivity contribution in [2.45, 2.75) is 70.6 Å². The number of aryl methyl sites for hydroxylation is 1. The van der Waals surface area contributed by atoms with Gasteiger partial charge in [-0.25, -0.2) is 0 Å². The van der Waals surface area contributed by atoms with Crippen LogP contribution in [0.3, 0.4) is 0 Å². The number of unbranched alkanes of at least 4 members (excludes halogenated alkanes) is 9. The standard InChI is InChI=1S/C30H40O8/c1-35-24-19-21(15-16-23(24)32)27-26(34)25(33)22-18-20(28(36-2)30(37-3)29(22)38-27)14-12-10-8-6-4-5-7-9-11-13-17-31/h15-16,18-19,31-32,34H,4-14,17H2,1-3H3. The normalized spacial score (nSPS) is 11.2. The first kappa shape index (κ1) is 29.2. The van der Waals surface area contributed by atoms with Gasteiger partial charge < -0.3 is 33.9 Å². The zero-order chi connectivity index (χ0) is 27.5. The molecule has 8 heteroatoms. The lowest BCUT2D eigenvalue weighted by Gasteiger charge is -2.16. The zero-order valence-corrected chi connectivity index (χ0v) is 22.7. The quantitative estimate of drug-likeness (QED) is 0.185. The molecule has 0 radical (unpaired) electrons. The Balaban J connectivity index is 1.76. The lowest BCUT2D eigenvalue weighted by Crippen LogP contribution is -2.06. The number of phenolic OH excluding ortho intramolecular Hbond substituents is 1. The monoisotopic (exact) mass is 528 g/mol. The van der Waals surface area contributed by atoms with E-state index >= 15 is 0 Å². The highest BCUT2D eigenvalue weighted by atomic mass is 16.5. The number of aromatic hydroxyl groups is 2. The topological polar surface area (TPSA) is 119 Å². The third-order valence-corrected chi connectivity index (χ3v) is 6.85. The van der Waals surface area contributed by atoms with Gasteiger partial charge >= 0.3 is 0 Å². The van der Waals surface area contributed by atoms with Gasteiger partial charge in [-0.2, -0.15) is 0 Å². The number of ether oxygens (including phenoxy) is 3. The molecular formula is C30H40O8. The Kier molecular flexibility index (Phi) is 11.1. The molecule has 0 fully saturated rings. The van der Waals surface area contributed by atoms with Crippen LogP contribution in [0.5, 0.6) is 28.7 Å². The Morgan fingerprint density at radius 1 is 0.763 bits per heavy atom. The van der Waals surface area contributed by atoms with Crippen molar-refractivity contribution in [2.24, 2.45) is 0 Å². The Morgan fingerprint density at radius 3 is 1.95 bits per heavy atom. The summed E-state index contributed by atoms with van der Waals surface area (Å²) in [4.78, 5) is 13.2. The molecule has 8 nitrogen and oxygen atoms in total. The van der Waals surface area contributed by atoms with E-state index in [0.717, 1.165) is 37.7 Å². The fraction of sp³-hybridized carbons (Fsp3) is 0.500. The SMILES string of the molecule is COc1cc(-c2oc3c(OC)c(OC)c(CCCCCCCCCCCCO)cc3c(=O)c2O)ccc1O. The zero-order valence-electron chi connectivity index (χ0n) is 22.7. The molecule has 0 atom stereocenters. The van der Waals surface area contributed by atoms with Crippen molar-refractivity contribution in [2.75, 3.05) is 27.9 Å². The third kappa shape index (κ3) is 6.92. The lowest BCUT2D eigenvalue weighted by atomic mass is 10.0. The van der Waals surface area contributed by atoms with E-state index < -0.39 is 11.2 Å². The molecule has 1 heterocycles. The Labute approximate surface area is 223 Å². The van der Waals surface area contributed by atoms with Crippen molar-refractivity contribution in [3.8, 4) is 40.1 Å². The van der Waals surface area contributed by atoms with Gasteiger partial charge in [0.05, 0.1) is 26.7 Å². The fourth-order valence-corrected chi connectivity index (χ4v) is 4.78. The van der Waals surface area contributed by atoms with Crippen molar-refractivity contribution >= 4 is 11.0 Å². The maximum absolute atomic E-state index is 13.2. The second kappa shape index (κ2) is 14.5. The number of benzene rings is 2. The number of aliphatic hydroxyl groups is 1. The number of fused-ring (bicyclic) bond motifs is 1. The summed E-state index contributed by atoms with van der Waals surface area (Å²) in [7, 11) is 4.45. The Bertz CT molecular complexity index is 1250. The molecule has 0 saturated heterocycles. The van der Waals surface area contributed by atoms with Gasteiger partial charge in [-0.3, -0.25) is 4.79 Å². The molecule has 0 amide bonds. The number of hydrogen-bond donors (Lipinski definition) is 3. The molecule has 208 valence electrons. The van der Waals surface area contributed by atoms with Gasteiger partial charge in [0.1, 0.15) is 0 Å². The van der Waals surface area contributed by atoms with Gasteiger partial charge in [-0.05, 0) is 49.1 Å². The molecule has 2 aromatic carbocycles. The summed E-state index contributed by atoms with van der Waals surface area (Å²) in [5, 5.41) is 29.7. The first-order valence-corrected chi connectivity index (χ1v) is 13.4. The summed E-state index contributed by atoms with van der Waals surface area (Å²) in [5.74, 6) is 0.331. The van der Waals surface area contributed by atoms with Crippen molar-refractivity contribution in [3.63, 3.8) is 0 Å². The van der Waals surface area contributed by atoms with Crippen LogP contribution in [0, 0.1) is 0 Å². The van der Waals surface area contributed by atoms with E-state index in [0.29, 0.717) is 23.5 Å². The molecule has 3 aromatic rings. The highest BCUT2D eigenvalue weighted by molar-refractivity contribution is 5.90. The molecule has 3 rings (SSSR count). The molecule has 0 aliphatic rings. The summed E-state index contributed by atoms with van der Waals surface area (Å²) in [5.41, 5.74) is 0.796. The van der Waals surface area contributed by atoms with Gasteiger partial charge in [0.2, 0.25) is 16.9 Å². The molecule has 0 spiro atoms. The van der Waals surface area contributed by atoms with Gasteiger partial charge in [0, 0.05) is 12.2 Å². The van der Waals surface area contributed by atoms with Crippen molar-refractivity contribution in [3.05, 3.63) is 40.1 Å². The van der Waals surface area contributed by atoms with E-state index in [-0.39, 0.29) is 34.8 Å². The predicted octanol–water partition coefficient (Wildman–Crippen LogP) is 6.33. The maximum Gasteiger partial charge on any atom is 0.235 e. The average Bonchev–Trinajstić information content (AvgIpc) is 2.93. The van der Waals surface area contributed by atoms with Gasteiger partial charge in [-0.15, -0.1) is 0 Å². The number of aliphatic hydroxyl groups excluding tert-OH is 1. The second-order valence-electron chi connectivity index (χ2n) is 9.48. The molecule has 0 saturated carbocycles. The summed E-state index contributed by atoms with van der Waals surface area (Å²) >= 11 is 0. The van der Waals surface area contributed by atoms with Crippen LogP contribution in [0.4, 0.5) is 0 Å². The summed E-state index contributed by atoms with van der Waals surface area (Å²) in [6, 6.07) is 6.12. The minimum Gasteiger partial charge on any atom is -0.504 e. The Morgan fingerprint density at radius 2 is 1.37 bits per heavy atom. The van der Waals surface area contributed by atoms with Gasteiger partial charge in [-0.1, -0.05) is 51.4 Å². The van der Waals surface area contributed by atoms with Crippen LogP contribution in [-0.4, -0.2) is 43.3 Å². The smallest absolute Gasteiger partial charge is 0.235 e. The van der Waals surface area contributed by atoms with E-state index in [4.69, 9.17) is 23.7 Å².